The summed E-state index contributed by atoms with van der Waals surface area (Å²) in [5.74, 6) is 0. The number of para-hydroxylation sites is 1. The summed E-state index contributed by atoms with van der Waals surface area (Å²) in [6, 6.07) is 15.1. The van der Waals surface area contributed by atoms with Gasteiger partial charge >= 0.3 is 0 Å². The van der Waals surface area contributed by atoms with E-state index in [0.717, 1.165) is 13.1 Å². The van der Waals surface area contributed by atoms with Gasteiger partial charge < -0.3 is 10.2 Å². The van der Waals surface area contributed by atoms with Gasteiger partial charge in [0.05, 0.1) is 0 Å². The Bertz CT molecular complexity index is 555. The maximum Gasteiger partial charge on any atom is 0.0370 e. The molecule has 0 aliphatic rings. The lowest BCUT2D eigenvalue weighted by Crippen LogP contribution is -2.25. The van der Waals surface area contributed by atoms with Crippen LogP contribution in [0, 0.1) is 20.8 Å². The minimum absolute atomic E-state index is 0.939. The van der Waals surface area contributed by atoms with Gasteiger partial charge in [0.1, 0.15) is 0 Å². The normalized spacial score (nSPS) is 10.4. The van der Waals surface area contributed by atoms with Gasteiger partial charge in [-0.2, -0.15) is 0 Å². The summed E-state index contributed by atoms with van der Waals surface area (Å²) in [6.45, 7) is 8.35. The highest BCUT2D eigenvalue weighted by molar-refractivity contribution is 5.52. The zero-order valence-corrected chi connectivity index (χ0v) is 12.9. The highest BCUT2D eigenvalue weighted by atomic mass is 15.1. The first-order chi connectivity index (χ1) is 9.56. The molecule has 2 heteroatoms. The Morgan fingerprint density at radius 3 is 2.25 bits per heavy atom. The van der Waals surface area contributed by atoms with Crippen molar-refractivity contribution in [2.45, 2.75) is 20.8 Å². The molecule has 0 unspecified atom stereocenters. The van der Waals surface area contributed by atoms with E-state index in [4.69, 9.17) is 0 Å². The Balaban J connectivity index is 1.92. The number of hydrogen-bond acceptors (Lipinski definition) is 2. The van der Waals surface area contributed by atoms with Gasteiger partial charge in [-0.05, 0) is 55.7 Å². The summed E-state index contributed by atoms with van der Waals surface area (Å²) in [5.41, 5.74) is 6.44. The standard InChI is InChI=1S/C18H24N2/c1-14-11-15(2)13-17(12-14)20(4)10-9-19-18-8-6-5-7-16(18)3/h5-8,11-13,19H,9-10H2,1-4H3. The molecule has 0 spiro atoms. The SMILES string of the molecule is Cc1cc(C)cc(N(C)CCNc2ccccc2C)c1. The van der Waals surface area contributed by atoms with Crippen molar-refractivity contribution >= 4 is 11.4 Å². The Hall–Kier alpha value is -1.96. The molecule has 0 aromatic heterocycles. The van der Waals surface area contributed by atoms with Crippen molar-refractivity contribution in [3.63, 3.8) is 0 Å². The van der Waals surface area contributed by atoms with Gasteiger partial charge in [-0.15, -0.1) is 0 Å². The number of nitrogens with zero attached hydrogens (tertiary/aromatic N) is 1. The number of benzene rings is 2. The zero-order valence-electron chi connectivity index (χ0n) is 12.9. The van der Waals surface area contributed by atoms with Gasteiger partial charge in [0, 0.05) is 31.5 Å². The fourth-order valence-corrected chi connectivity index (χ4v) is 2.43. The van der Waals surface area contributed by atoms with Gasteiger partial charge in [0.2, 0.25) is 0 Å². The third-order valence-corrected chi connectivity index (χ3v) is 3.55. The van der Waals surface area contributed by atoms with Crippen LogP contribution in [0.15, 0.2) is 42.5 Å². The van der Waals surface area contributed by atoms with Crippen LogP contribution in [0.5, 0.6) is 0 Å². The molecule has 0 bridgehead atoms. The van der Waals surface area contributed by atoms with Gasteiger partial charge in [0.15, 0.2) is 0 Å². The van der Waals surface area contributed by atoms with E-state index >= 15 is 0 Å². The van der Waals surface area contributed by atoms with Crippen molar-refractivity contribution in [2.75, 3.05) is 30.4 Å². The van der Waals surface area contributed by atoms with E-state index < -0.39 is 0 Å². The first kappa shape index (κ1) is 14.4. The quantitative estimate of drug-likeness (QED) is 0.876. The molecular weight excluding hydrogens is 244 g/mol. The van der Waals surface area contributed by atoms with Crippen LogP contribution in [-0.2, 0) is 0 Å². The summed E-state index contributed by atoms with van der Waals surface area (Å²) >= 11 is 0. The molecule has 2 aromatic carbocycles. The van der Waals surface area contributed by atoms with Crippen LogP contribution >= 0.6 is 0 Å². The van der Waals surface area contributed by atoms with Gasteiger partial charge in [0.25, 0.3) is 0 Å². The fourth-order valence-electron chi connectivity index (χ4n) is 2.43. The Morgan fingerprint density at radius 2 is 1.60 bits per heavy atom. The molecule has 0 aliphatic heterocycles. The largest absolute Gasteiger partial charge is 0.383 e. The number of anilines is 2. The Morgan fingerprint density at radius 1 is 0.950 bits per heavy atom. The molecule has 0 saturated heterocycles. The highest BCUT2D eigenvalue weighted by Crippen LogP contribution is 2.17. The third kappa shape index (κ3) is 3.77. The number of hydrogen-bond donors (Lipinski definition) is 1. The van der Waals surface area contributed by atoms with Crippen molar-refractivity contribution in [3.05, 3.63) is 59.2 Å². The summed E-state index contributed by atoms with van der Waals surface area (Å²) < 4.78 is 0. The van der Waals surface area contributed by atoms with Crippen LogP contribution in [0.4, 0.5) is 11.4 Å². The van der Waals surface area contributed by atoms with Crippen molar-refractivity contribution in [2.24, 2.45) is 0 Å². The second kappa shape index (κ2) is 6.47. The molecule has 106 valence electrons. The molecule has 0 aliphatic carbocycles. The van der Waals surface area contributed by atoms with Crippen LogP contribution in [-0.4, -0.2) is 20.1 Å². The van der Waals surface area contributed by atoms with E-state index in [1.165, 1.54) is 28.1 Å². The Kier molecular flexibility index (Phi) is 4.67. The lowest BCUT2D eigenvalue weighted by atomic mass is 10.1. The van der Waals surface area contributed by atoms with Crippen molar-refractivity contribution in [1.82, 2.24) is 0 Å². The maximum absolute atomic E-state index is 3.50. The van der Waals surface area contributed by atoms with Crippen molar-refractivity contribution < 1.29 is 0 Å². The third-order valence-electron chi connectivity index (χ3n) is 3.55. The van der Waals surface area contributed by atoms with Crippen LogP contribution < -0.4 is 10.2 Å². The molecule has 0 fully saturated rings. The second-order valence-corrected chi connectivity index (χ2v) is 5.51. The molecule has 0 radical (unpaired) electrons. The molecule has 2 nitrogen and oxygen atoms in total. The summed E-state index contributed by atoms with van der Waals surface area (Å²) in [4.78, 5) is 2.30. The molecule has 1 N–H and O–H groups in total. The molecule has 0 amide bonds. The molecular formula is C18H24N2. The van der Waals surface area contributed by atoms with Gasteiger partial charge in [-0.3, -0.25) is 0 Å². The van der Waals surface area contributed by atoms with Gasteiger partial charge in [-0.25, -0.2) is 0 Å². The smallest absolute Gasteiger partial charge is 0.0370 e. The van der Waals surface area contributed by atoms with E-state index in [-0.39, 0.29) is 0 Å². The van der Waals surface area contributed by atoms with E-state index in [1.807, 2.05) is 0 Å². The molecule has 0 heterocycles. The predicted molar refractivity (Wildman–Crippen MR) is 88.9 cm³/mol. The van der Waals surface area contributed by atoms with E-state index in [9.17, 15) is 0 Å². The molecule has 0 atom stereocenters. The lowest BCUT2D eigenvalue weighted by molar-refractivity contribution is 0.912. The van der Waals surface area contributed by atoms with E-state index in [0.29, 0.717) is 0 Å². The highest BCUT2D eigenvalue weighted by Gasteiger charge is 2.02. The zero-order chi connectivity index (χ0) is 14.5. The average Bonchev–Trinajstić information content (AvgIpc) is 2.39. The first-order valence-corrected chi connectivity index (χ1v) is 7.15. The Labute approximate surface area is 122 Å². The number of aryl methyl sites for hydroxylation is 3. The average molecular weight is 268 g/mol. The molecule has 2 rings (SSSR count). The monoisotopic (exact) mass is 268 g/mol. The number of rotatable bonds is 5. The maximum atomic E-state index is 3.50. The minimum Gasteiger partial charge on any atom is -0.383 e. The predicted octanol–water partition coefficient (Wildman–Crippen LogP) is 4.16. The fraction of sp³-hybridized carbons (Fsp3) is 0.333. The lowest BCUT2D eigenvalue weighted by Gasteiger charge is -2.21. The van der Waals surface area contributed by atoms with E-state index in [2.05, 4.69) is 80.5 Å². The van der Waals surface area contributed by atoms with Crippen LogP contribution in [0.3, 0.4) is 0 Å². The summed E-state index contributed by atoms with van der Waals surface area (Å²) in [7, 11) is 2.15. The molecule has 2 aromatic rings. The first-order valence-electron chi connectivity index (χ1n) is 7.15. The topological polar surface area (TPSA) is 15.3 Å². The van der Waals surface area contributed by atoms with Crippen molar-refractivity contribution in [1.29, 1.82) is 0 Å². The van der Waals surface area contributed by atoms with Crippen LogP contribution in [0.2, 0.25) is 0 Å². The number of nitrogens with one attached hydrogen (secondary N) is 1. The van der Waals surface area contributed by atoms with Gasteiger partial charge in [-0.1, -0.05) is 24.3 Å². The molecule has 20 heavy (non-hydrogen) atoms. The summed E-state index contributed by atoms with van der Waals surface area (Å²) in [6.07, 6.45) is 0. The van der Waals surface area contributed by atoms with E-state index in [1.54, 1.807) is 0 Å². The second-order valence-electron chi connectivity index (χ2n) is 5.51. The molecule has 0 saturated carbocycles. The van der Waals surface area contributed by atoms with Crippen molar-refractivity contribution in [3.8, 4) is 0 Å². The van der Waals surface area contributed by atoms with Crippen LogP contribution in [0.1, 0.15) is 16.7 Å². The minimum atomic E-state index is 0.939. The summed E-state index contributed by atoms with van der Waals surface area (Å²) in [5, 5.41) is 3.50. The number of likely N-dealkylation sites (N-methyl/N-ethyl adjacent to an activating group) is 1. The van der Waals surface area contributed by atoms with Crippen LogP contribution in [0.25, 0.3) is 0 Å².